The van der Waals surface area contributed by atoms with Gasteiger partial charge in [-0.05, 0) is 28.1 Å². The van der Waals surface area contributed by atoms with E-state index in [1.807, 2.05) is 0 Å². The van der Waals surface area contributed by atoms with Gasteiger partial charge in [0.1, 0.15) is 10.8 Å². The lowest BCUT2D eigenvalue weighted by Crippen LogP contribution is -2.29. The first-order valence-electron chi connectivity index (χ1n) is 6.55. The summed E-state index contributed by atoms with van der Waals surface area (Å²) in [5.41, 5.74) is 0.763. The zero-order valence-electron chi connectivity index (χ0n) is 11.8. The molecule has 1 heterocycles. The number of carbonyl (C=O) groups is 1. The standard InChI is InChI=1S/C14H12BrClN4O3/c15-10-7-9(8-19-13(10)16)14(21)18-6-5-17-11-3-1-2-4-12(11)20(22)23/h1-4,7-8,17H,5-6H2,(H,18,21). The Bertz CT molecular complexity index is 742. The molecule has 0 bridgehead atoms. The van der Waals surface area contributed by atoms with Gasteiger partial charge in [-0.2, -0.15) is 0 Å². The number of anilines is 1. The maximum atomic E-state index is 11.9. The fraction of sp³-hybridized carbons (Fsp3) is 0.143. The first-order chi connectivity index (χ1) is 11.0. The Labute approximate surface area is 145 Å². The van der Waals surface area contributed by atoms with Gasteiger partial charge in [0, 0.05) is 25.4 Å². The molecule has 7 nitrogen and oxygen atoms in total. The van der Waals surface area contributed by atoms with Crippen LogP contribution in [-0.2, 0) is 0 Å². The highest BCUT2D eigenvalue weighted by molar-refractivity contribution is 9.10. The SMILES string of the molecule is O=C(NCCNc1ccccc1[N+](=O)[O-])c1cnc(Cl)c(Br)c1. The van der Waals surface area contributed by atoms with Crippen molar-refractivity contribution in [1.29, 1.82) is 0 Å². The predicted molar refractivity (Wildman–Crippen MR) is 90.9 cm³/mol. The van der Waals surface area contributed by atoms with Crippen LogP contribution in [0, 0.1) is 10.1 Å². The minimum atomic E-state index is -0.460. The summed E-state index contributed by atoms with van der Waals surface area (Å²) in [6, 6.07) is 7.89. The first-order valence-corrected chi connectivity index (χ1v) is 7.72. The van der Waals surface area contributed by atoms with E-state index >= 15 is 0 Å². The van der Waals surface area contributed by atoms with Gasteiger partial charge in [0.2, 0.25) is 0 Å². The largest absolute Gasteiger partial charge is 0.378 e. The van der Waals surface area contributed by atoms with Gasteiger partial charge in [0.05, 0.1) is 15.0 Å². The number of hydrogen-bond donors (Lipinski definition) is 2. The zero-order chi connectivity index (χ0) is 16.8. The number of pyridine rings is 1. The Balaban J connectivity index is 1.87. The van der Waals surface area contributed by atoms with Crippen molar-refractivity contribution < 1.29 is 9.72 Å². The Hall–Kier alpha value is -2.19. The lowest BCUT2D eigenvalue weighted by Gasteiger charge is -2.08. The molecule has 9 heteroatoms. The van der Waals surface area contributed by atoms with E-state index in [0.717, 1.165) is 0 Å². The second kappa shape index (κ2) is 7.89. The molecule has 0 unspecified atom stereocenters. The number of carbonyl (C=O) groups excluding carboxylic acids is 1. The number of para-hydroxylation sites is 2. The Kier molecular flexibility index (Phi) is 5.89. The Morgan fingerprint density at radius 2 is 2.09 bits per heavy atom. The predicted octanol–water partition coefficient (Wildman–Crippen LogP) is 3.25. The second-order valence-electron chi connectivity index (χ2n) is 4.45. The first kappa shape index (κ1) is 17.2. The number of amides is 1. The minimum Gasteiger partial charge on any atom is -0.378 e. The Morgan fingerprint density at radius 1 is 1.35 bits per heavy atom. The summed E-state index contributed by atoms with van der Waals surface area (Å²) in [6.45, 7) is 0.643. The van der Waals surface area contributed by atoms with Gasteiger partial charge in [-0.3, -0.25) is 14.9 Å². The molecule has 0 saturated heterocycles. The van der Waals surface area contributed by atoms with Crippen molar-refractivity contribution in [2.75, 3.05) is 18.4 Å². The Morgan fingerprint density at radius 3 is 2.78 bits per heavy atom. The van der Waals surface area contributed by atoms with E-state index in [9.17, 15) is 14.9 Å². The lowest BCUT2D eigenvalue weighted by molar-refractivity contribution is -0.384. The molecule has 0 aliphatic heterocycles. The number of nitro benzene ring substituents is 1. The average molecular weight is 400 g/mol. The van der Waals surface area contributed by atoms with Gasteiger partial charge in [0.15, 0.2) is 0 Å². The zero-order valence-corrected chi connectivity index (χ0v) is 14.1. The number of nitrogens with one attached hydrogen (secondary N) is 2. The highest BCUT2D eigenvalue weighted by atomic mass is 79.9. The van der Waals surface area contributed by atoms with E-state index in [2.05, 4.69) is 31.5 Å². The van der Waals surface area contributed by atoms with E-state index in [-0.39, 0.29) is 16.7 Å². The van der Waals surface area contributed by atoms with Gasteiger partial charge < -0.3 is 10.6 Å². The van der Waals surface area contributed by atoms with Crippen LogP contribution in [0.5, 0.6) is 0 Å². The molecule has 0 aliphatic rings. The molecule has 1 aromatic heterocycles. The molecule has 0 saturated carbocycles. The summed E-state index contributed by atoms with van der Waals surface area (Å²) in [6.07, 6.45) is 1.37. The van der Waals surface area contributed by atoms with Gasteiger partial charge in [-0.25, -0.2) is 4.98 Å². The smallest absolute Gasteiger partial charge is 0.292 e. The third kappa shape index (κ3) is 4.64. The van der Waals surface area contributed by atoms with Crippen molar-refractivity contribution in [2.24, 2.45) is 0 Å². The average Bonchev–Trinajstić information content (AvgIpc) is 2.54. The third-order valence-electron chi connectivity index (χ3n) is 2.89. The highest BCUT2D eigenvalue weighted by Crippen LogP contribution is 2.22. The normalized spacial score (nSPS) is 10.2. The molecule has 2 rings (SSSR count). The van der Waals surface area contributed by atoms with Crippen molar-refractivity contribution in [2.45, 2.75) is 0 Å². The molecule has 0 fully saturated rings. The molecular formula is C14H12BrClN4O3. The molecule has 2 N–H and O–H groups in total. The van der Waals surface area contributed by atoms with Crippen molar-refractivity contribution in [3.8, 4) is 0 Å². The van der Waals surface area contributed by atoms with Crippen LogP contribution in [0.4, 0.5) is 11.4 Å². The number of rotatable bonds is 6. The monoisotopic (exact) mass is 398 g/mol. The van der Waals surface area contributed by atoms with Crippen LogP contribution >= 0.6 is 27.5 Å². The summed E-state index contributed by atoms with van der Waals surface area (Å²) in [4.78, 5) is 26.2. The van der Waals surface area contributed by atoms with Crippen molar-refractivity contribution in [3.05, 3.63) is 61.8 Å². The number of benzene rings is 1. The van der Waals surface area contributed by atoms with Crippen LogP contribution in [0.2, 0.25) is 5.15 Å². The quantitative estimate of drug-likeness (QED) is 0.336. The molecule has 2 aromatic rings. The highest BCUT2D eigenvalue weighted by Gasteiger charge is 2.12. The minimum absolute atomic E-state index is 0.00958. The fourth-order valence-electron chi connectivity index (χ4n) is 1.80. The van der Waals surface area contributed by atoms with E-state index in [1.54, 1.807) is 24.3 Å². The molecule has 0 aliphatic carbocycles. The van der Waals surface area contributed by atoms with Gasteiger partial charge in [0.25, 0.3) is 11.6 Å². The van der Waals surface area contributed by atoms with Gasteiger partial charge in [-0.15, -0.1) is 0 Å². The van der Waals surface area contributed by atoms with Crippen LogP contribution in [0.1, 0.15) is 10.4 Å². The van der Waals surface area contributed by atoms with Crippen LogP contribution in [0.15, 0.2) is 41.0 Å². The summed E-state index contributed by atoms with van der Waals surface area (Å²) in [5.74, 6) is -0.306. The number of aromatic nitrogens is 1. The summed E-state index contributed by atoms with van der Waals surface area (Å²) < 4.78 is 0.532. The molecule has 1 aromatic carbocycles. The molecule has 1 amide bonds. The molecule has 0 radical (unpaired) electrons. The fourth-order valence-corrected chi connectivity index (χ4v) is 2.26. The van der Waals surface area contributed by atoms with Crippen LogP contribution < -0.4 is 10.6 Å². The van der Waals surface area contributed by atoms with Crippen molar-refractivity contribution >= 4 is 44.8 Å². The van der Waals surface area contributed by atoms with E-state index in [0.29, 0.717) is 28.8 Å². The van der Waals surface area contributed by atoms with Crippen molar-refractivity contribution in [3.63, 3.8) is 0 Å². The lowest BCUT2D eigenvalue weighted by atomic mass is 10.2. The number of hydrogen-bond acceptors (Lipinski definition) is 5. The number of nitro groups is 1. The molecule has 0 spiro atoms. The number of halogens is 2. The van der Waals surface area contributed by atoms with Gasteiger partial charge in [-0.1, -0.05) is 23.7 Å². The van der Waals surface area contributed by atoms with Crippen LogP contribution in [0.25, 0.3) is 0 Å². The number of nitrogens with zero attached hydrogens (tertiary/aromatic N) is 2. The van der Waals surface area contributed by atoms with E-state index < -0.39 is 4.92 Å². The van der Waals surface area contributed by atoms with Crippen LogP contribution in [0.3, 0.4) is 0 Å². The van der Waals surface area contributed by atoms with Gasteiger partial charge >= 0.3 is 0 Å². The topological polar surface area (TPSA) is 97.2 Å². The van der Waals surface area contributed by atoms with E-state index in [4.69, 9.17) is 11.6 Å². The summed E-state index contributed by atoms with van der Waals surface area (Å²) >= 11 is 8.96. The maximum absolute atomic E-state index is 11.9. The molecule has 120 valence electrons. The second-order valence-corrected chi connectivity index (χ2v) is 5.67. The molecule has 0 atom stereocenters. The summed E-state index contributed by atoms with van der Waals surface area (Å²) in [7, 11) is 0. The molecule has 23 heavy (non-hydrogen) atoms. The van der Waals surface area contributed by atoms with Crippen LogP contribution in [-0.4, -0.2) is 28.9 Å². The summed E-state index contributed by atoms with van der Waals surface area (Å²) in [5, 5.41) is 16.8. The van der Waals surface area contributed by atoms with E-state index in [1.165, 1.54) is 12.3 Å². The van der Waals surface area contributed by atoms with Crippen molar-refractivity contribution in [1.82, 2.24) is 10.3 Å². The third-order valence-corrected chi connectivity index (χ3v) is 4.02. The maximum Gasteiger partial charge on any atom is 0.292 e. The molecular weight excluding hydrogens is 388 g/mol.